The van der Waals surface area contributed by atoms with E-state index < -0.39 is 17.9 Å². The van der Waals surface area contributed by atoms with Gasteiger partial charge in [0, 0.05) is 24.0 Å². The summed E-state index contributed by atoms with van der Waals surface area (Å²) in [6.45, 7) is 0.0355. The number of amides is 2. The molecule has 27 heavy (non-hydrogen) atoms. The number of aromatic nitrogens is 2. The summed E-state index contributed by atoms with van der Waals surface area (Å²) in [5, 5.41) is 3.69. The van der Waals surface area contributed by atoms with Crippen LogP contribution in [-0.2, 0) is 4.79 Å². The molecule has 2 aromatic heterocycles. The van der Waals surface area contributed by atoms with Crippen molar-refractivity contribution >= 4 is 11.8 Å². The van der Waals surface area contributed by atoms with Crippen molar-refractivity contribution in [3.63, 3.8) is 0 Å². The maximum atomic E-state index is 12.2. The number of para-hydroxylation sites is 2. The normalized spacial score (nSPS) is 15.0. The van der Waals surface area contributed by atoms with Gasteiger partial charge in [-0.05, 0) is 24.3 Å². The van der Waals surface area contributed by atoms with Crippen molar-refractivity contribution in [3.8, 4) is 22.8 Å². The molecule has 4 rings (SSSR count). The fraction of sp³-hybridized carbons (Fsp3) is 0.111. The molecule has 0 radical (unpaired) electrons. The number of nitrogens with zero attached hydrogens (tertiary/aromatic N) is 2. The minimum absolute atomic E-state index is 0.0142. The predicted molar refractivity (Wildman–Crippen MR) is 91.7 cm³/mol. The first-order chi connectivity index (χ1) is 13.2. The Hall–Kier alpha value is -3.88. The van der Waals surface area contributed by atoms with Crippen molar-refractivity contribution < 1.29 is 23.6 Å². The lowest BCUT2D eigenvalue weighted by atomic mass is 10.2. The molecule has 0 fully saturated rings. The van der Waals surface area contributed by atoms with Gasteiger partial charge in [-0.3, -0.25) is 25.4 Å². The Morgan fingerprint density at radius 3 is 2.74 bits per heavy atom. The van der Waals surface area contributed by atoms with Gasteiger partial charge in [0.25, 0.3) is 11.8 Å². The largest absolute Gasteiger partial charge is 0.485 e. The fourth-order valence-corrected chi connectivity index (χ4v) is 2.44. The molecule has 0 saturated carbocycles. The second-order valence-electron chi connectivity index (χ2n) is 5.63. The molecule has 2 amide bonds. The number of fused-ring (bicyclic) bond motifs is 1. The summed E-state index contributed by atoms with van der Waals surface area (Å²) in [5.41, 5.74) is 5.26. The lowest BCUT2D eigenvalue weighted by Crippen LogP contribution is -2.50. The summed E-state index contributed by atoms with van der Waals surface area (Å²) in [4.78, 5) is 28.3. The third-order valence-electron chi connectivity index (χ3n) is 3.79. The Balaban J connectivity index is 1.34. The standard InChI is InChI=1S/C18H14N4O5/c23-17(12-8-15(27-22-12)11-4-3-7-19-9-11)20-21-18(24)16-10-25-13-5-1-2-6-14(13)26-16/h1-9,16H,10H2,(H,20,23)(H,21,24)/t16-/m0/s1. The van der Waals surface area contributed by atoms with Gasteiger partial charge in [-0.2, -0.15) is 0 Å². The van der Waals surface area contributed by atoms with Gasteiger partial charge in [-0.1, -0.05) is 17.3 Å². The number of rotatable bonds is 3. The average Bonchev–Trinajstić information content (AvgIpc) is 3.22. The Kier molecular flexibility index (Phi) is 4.40. The number of pyridine rings is 1. The van der Waals surface area contributed by atoms with Crippen molar-refractivity contribution in [1.82, 2.24) is 21.0 Å². The monoisotopic (exact) mass is 366 g/mol. The predicted octanol–water partition coefficient (Wildman–Crippen LogP) is 1.34. The van der Waals surface area contributed by atoms with Crippen molar-refractivity contribution in [2.75, 3.05) is 6.61 Å². The highest BCUT2D eigenvalue weighted by atomic mass is 16.6. The Labute approximate surface area is 153 Å². The zero-order valence-electron chi connectivity index (χ0n) is 13.9. The second kappa shape index (κ2) is 7.16. The van der Waals surface area contributed by atoms with E-state index in [1.165, 1.54) is 6.07 Å². The van der Waals surface area contributed by atoms with Gasteiger partial charge in [-0.25, -0.2) is 0 Å². The van der Waals surface area contributed by atoms with E-state index in [0.29, 0.717) is 22.8 Å². The maximum Gasteiger partial charge on any atom is 0.291 e. The van der Waals surface area contributed by atoms with Crippen LogP contribution in [0.25, 0.3) is 11.3 Å². The molecule has 1 aromatic carbocycles. The molecule has 2 N–H and O–H groups in total. The molecule has 0 bridgehead atoms. The molecule has 9 nitrogen and oxygen atoms in total. The third kappa shape index (κ3) is 3.56. The molecule has 9 heteroatoms. The number of hydrogen-bond donors (Lipinski definition) is 2. The first kappa shape index (κ1) is 16.6. The van der Waals surface area contributed by atoms with Crippen molar-refractivity contribution in [3.05, 3.63) is 60.6 Å². The molecular formula is C18H14N4O5. The van der Waals surface area contributed by atoms with Gasteiger partial charge in [0.05, 0.1) is 0 Å². The number of hydrazine groups is 1. The highest BCUT2D eigenvalue weighted by molar-refractivity contribution is 5.94. The van der Waals surface area contributed by atoms with Crippen LogP contribution in [0, 0.1) is 0 Å². The molecule has 3 heterocycles. The molecule has 0 spiro atoms. The SMILES string of the molecule is O=C(NNC(=O)[C@@H]1COc2ccccc2O1)c1cc(-c2cccnc2)on1. The zero-order chi connectivity index (χ0) is 18.6. The first-order valence-corrected chi connectivity index (χ1v) is 8.06. The molecule has 0 unspecified atom stereocenters. The molecule has 1 aliphatic rings. The Bertz CT molecular complexity index is 973. The number of carbonyl (C=O) groups is 2. The van der Waals surface area contributed by atoms with Crippen LogP contribution in [0.3, 0.4) is 0 Å². The number of nitrogens with one attached hydrogen (secondary N) is 2. The molecular weight excluding hydrogens is 352 g/mol. The lowest BCUT2D eigenvalue weighted by Gasteiger charge is -2.25. The van der Waals surface area contributed by atoms with Crippen LogP contribution in [0.5, 0.6) is 11.5 Å². The van der Waals surface area contributed by atoms with Gasteiger partial charge in [0.1, 0.15) is 6.61 Å². The summed E-state index contributed by atoms with van der Waals surface area (Å²) < 4.78 is 16.2. The van der Waals surface area contributed by atoms with E-state index in [1.807, 2.05) is 0 Å². The average molecular weight is 366 g/mol. The Morgan fingerprint density at radius 1 is 1.07 bits per heavy atom. The molecule has 3 aromatic rings. The fourth-order valence-electron chi connectivity index (χ4n) is 2.44. The van der Waals surface area contributed by atoms with E-state index >= 15 is 0 Å². The van der Waals surface area contributed by atoms with E-state index in [0.717, 1.165) is 0 Å². The van der Waals surface area contributed by atoms with Crippen LogP contribution >= 0.6 is 0 Å². The van der Waals surface area contributed by atoms with Crippen LogP contribution in [0.4, 0.5) is 0 Å². The number of hydrogen-bond acceptors (Lipinski definition) is 7. The van der Waals surface area contributed by atoms with Crippen LogP contribution in [0.2, 0.25) is 0 Å². The van der Waals surface area contributed by atoms with E-state index in [2.05, 4.69) is 21.0 Å². The number of carbonyl (C=O) groups excluding carboxylic acids is 2. The van der Waals surface area contributed by atoms with Crippen LogP contribution in [0.15, 0.2) is 59.4 Å². The number of ether oxygens (including phenoxy) is 2. The quantitative estimate of drug-likeness (QED) is 0.672. The second-order valence-corrected chi connectivity index (χ2v) is 5.63. The topological polar surface area (TPSA) is 116 Å². The maximum absolute atomic E-state index is 12.2. The highest BCUT2D eigenvalue weighted by Crippen LogP contribution is 2.30. The van der Waals surface area contributed by atoms with E-state index in [9.17, 15) is 9.59 Å². The minimum Gasteiger partial charge on any atom is -0.485 e. The van der Waals surface area contributed by atoms with E-state index in [4.69, 9.17) is 14.0 Å². The van der Waals surface area contributed by atoms with E-state index in [1.54, 1.807) is 48.8 Å². The van der Waals surface area contributed by atoms with Crippen LogP contribution < -0.4 is 20.3 Å². The lowest BCUT2D eigenvalue weighted by molar-refractivity contribution is -0.131. The smallest absolute Gasteiger partial charge is 0.291 e. The molecule has 0 saturated heterocycles. The summed E-state index contributed by atoms with van der Waals surface area (Å²) in [6.07, 6.45) is 2.32. The van der Waals surface area contributed by atoms with E-state index in [-0.39, 0.29) is 12.3 Å². The van der Waals surface area contributed by atoms with Crippen LogP contribution in [0.1, 0.15) is 10.5 Å². The zero-order valence-corrected chi connectivity index (χ0v) is 13.9. The summed E-state index contributed by atoms with van der Waals surface area (Å²) in [7, 11) is 0. The van der Waals surface area contributed by atoms with Crippen molar-refractivity contribution in [2.24, 2.45) is 0 Å². The van der Waals surface area contributed by atoms with Gasteiger partial charge in [-0.15, -0.1) is 0 Å². The number of benzene rings is 1. The van der Waals surface area contributed by atoms with Gasteiger partial charge < -0.3 is 14.0 Å². The first-order valence-electron chi connectivity index (χ1n) is 8.06. The molecule has 1 atom stereocenters. The summed E-state index contributed by atoms with van der Waals surface area (Å²) in [5.74, 6) is 0.248. The van der Waals surface area contributed by atoms with Gasteiger partial charge >= 0.3 is 0 Å². The van der Waals surface area contributed by atoms with Gasteiger partial charge in [0.15, 0.2) is 23.0 Å². The van der Waals surface area contributed by atoms with Crippen molar-refractivity contribution in [2.45, 2.75) is 6.10 Å². The summed E-state index contributed by atoms with van der Waals surface area (Å²) >= 11 is 0. The molecule has 136 valence electrons. The third-order valence-corrected chi connectivity index (χ3v) is 3.79. The van der Waals surface area contributed by atoms with Gasteiger partial charge in [0.2, 0.25) is 6.10 Å². The Morgan fingerprint density at radius 2 is 1.93 bits per heavy atom. The highest BCUT2D eigenvalue weighted by Gasteiger charge is 2.27. The molecule has 1 aliphatic heterocycles. The van der Waals surface area contributed by atoms with Crippen LogP contribution in [-0.4, -0.2) is 34.7 Å². The molecule has 0 aliphatic carbocycles. The minimum atomic E-state index is -0.886. The van der Waals surface area contributed by atoms with Crippen molar-refractivity contribution in [1.29, 1.82) is 0 Å². The summed E-state index contributed by atoms with van der Waals surface area (Å²) in [6, 6.07) is 12.0.